The first-order chi connectivity index (χ1) is 23.7. The van der Waals surface area contributed by atoms with Gasteiger partial charge in [0.05, 0.1) is 24.8 Å². The van der Waals surface area contributed by atoms with Crippen molar-refractivity contribution in [3.63, 3.8) is 0 Å². The van der Waals surface area contributed by atoms with E-state index in [4.69, 9.17) is 20.5 Å². The van der Waals surface area contributed by atoms with Crippen LogP contribution < -0.4 is 15.9 Å². The number of carbonyl (C=O) groups is 3. The quantitative estimate of drug-likeness (QED) is 0.119. The molecule has 5 rings (SSSR count). The van der Waals surface area contributed by atoms with Crippen LogP contribution in [-0.4, -0.2) is 79.1 Å². The summed E-state index contributed by atoms with van der Waals surface area (Å²) in [5, 5.41) is 15.0. The van der Waals surface area contributed by atoms with Gasteiger partial charge in [-0.2, -0.15) is 22.6 Å². The number of carboxylic acid groups (broad SMARTS) is 1. The highest BCUT2D eigenvalue weighted by molar-refractivity contribution is 7.89. The Kier molecular flexibility index (Phi) is 12.2. The minimum Gasteiger partial charge on any atom is -0.497 e. The molecule has 1 fully saturated rings. The minimum absolute atomic E-state index is 0.0101. The Balaban J connectivity index is 0.000000727. The SMILES string of the molecule is COc1ccc2ccc(S(=O)(=O)N(CC(=O)NCc3ccccc3)[C@H]3CCN(Cc4cccc(C=NN)c4)C3=O)cc2c1.O=C(O)C(F)(F)F. The molecule has 4 aromatic rings. The predicted octanol–water partition coefficient (Wildman–Crippen LogP) is 3.88. The van der Waals surface area contributed by atoms with Crippen LogP contribution in [0.15, 0.2) is 101 Å². The Hall–Kier alpha value is -5.48. The number of sulfonamides is 1. The van der Waals surface area contributed by atoms with E-state index in [0.29, 0.717) is 17.7 Å². The highest BCUT2D eigenvalue weighted by Crippen LogP contribution is 2.29. The van der Waals surface area contributed by atoms with Crippen LogP contribution in [0.2, 0.25) is 0 Å². The first kappa shape index (κ1) is 37.3. The first-order valence-corrected chi connectivity index (χ1v) is 16.5. The largest absolute Gasteiger partial charge is 0.497 e. The van der Waals surface area contributed by atoms with E-state index < -0.39 is 40.7 Å². The standard InChI is InChI=1S/C32H33N5O5S.C2HF3O2/c1-42-28-12-10-26-11-13-29(18-27(26)17-28)43(40,41)37(22-31(38)34-19-23-6-3-2-4-7-23)30-14-15-36(32(30)39)21-25-9-5-8-24(16-25)20-35-33;3-2(4,5)1(6)7/h2-13,16-18,20,30H,14-15,19,21-22,33H2,1H3,(H,34,38);(H,6,7)/t30-;/m0./s1. The van der Waals surface area contributed by atoms with Gasteiger partial charge in [0.25, 0.3) is 0 Å². The third-order valence-corrected chi connectivity index (χ3v) is 9.52. The molecule has 0 unspecified atom stereocenters. The number of hydrazone groups is 1. The third kappa shape index (κ3) is 9.57. The molecule has 0 bridgehead atoms. The number of likely N-dealkylation sites (tertiary alicyclic amines) is 1. The number of carbonyl (C=O) groups excluding carboxylic acids is 2. The smallest absolute Gasteiger partial charge is 0.490 e. The summed E-state index contributed by atoms with van der Waals surface area (Å²) in [5.74, 6) is 2.24. The third-order valence-electron chi connectivity index (χ3n) is 7.66. The van der Waals surface area contributed by atoms with Gasteiger partial charge in [0.15, 0.2) is 0 Å². The van der Waals surface area contributed by atoms with E-state index in [9.17, 15) is 31.2 Å². The molecule has 1 aliphatic heterocycles. The molecule has 0 spiro atoms. The van der Waals surface area contributed by atoms with Crippen LogP contribution in [0, 0.1) is 0 Å². The second-order valence-electron chi connectivity index (χ2n) is 11.1. The summed E-state index contributed by atoms with van der Waals surface area (Å²) >= 11 is 0. The Morgan fingerprint density at radius 3 is 2.36 bits per heavy atom. The summed E-state index contributed by atoms with van der Waals surface area (Å²) < 4.78 is 66.4. The molecule has 1 aliphatic rings. The number of nitrogens with two attached hydrogens (primary N) is 1. The number of nitrogens with one attached hydrogen (secondary N) is 1. The summed E-state index contributed by atoms with van der Waals surface area (Å²) in [7, 11) is -2.73. The van der Waals surface area contributed by atoms with Crippen molar-refractivity contribution in [3.05, 3.63) is 108 Å². The number of fused-ring (bicyclic) bond motifs is 1. The number of hydrogen-bond acceptors (Lipinski definition) is 8. The molecule has 16 heteroatoms. The highest BCUT2D eigenvalue weighted by atomic mass is 32.2. The van der Waals surface area contributed by atoms with Crippen molar-refractivity contribution in [1.29, 1.82) is 0 Å². The zero-order valence-electron chi connectivity index (χ0n) is 26.7. The Bertz CT molecular complexity index is 1980. The number of halogens is 3. The van der Waals surface area contributed by atoms with Gasteiger partial charge in [0.1, 0.15) is 11.8 Å². The Labute approximate surface area is 286 Å². The lowest BCUT2D eigenvalue weighted by Gasteiger charge is -2.27. The fraction of sp³-hybridized carbons (Fsp3) is 0.235. The molecule has 4 aromatic carbocycles. The zero-order chi connectivity index (χ0) is 36.5. The molecule has 50 heavy (non-hydrogen) atoms. The highest BCUT2D eigenvalue weighted by Gasteiger charge is 2.43. The molecule has 264 valence electrons. The van der Waals surface area contributed by atoms with Crippen LogP contribution in [0.3, 0.4) is 0 Å². The number of carboxylic acids is 1. The minimum atomic E-state index is -5.08. The second kappa shape index (κ2) is 16.3. The van der Waals surface area contributed by atoms with Gasteiger partial charge >= 0.3 is 12.1 Å². The maximum atomic E-state index is 14.2. The van der Waals surface area contributed by atoms with Crippen LogP contribution in [0.4, 0.5) is 13.2 Å². The van der Waals surface area contributed by atoms with Crippen LogP contribution in [0.5, 0.6) is 5.75 Å². The average Bonchev–Trinajstić information content (AvgIpc) is 3.44. The lowest BCUT2D eigenvalue weighted by atomic mass is 10.1. The van der Waals surface area contributed by atoms with Crippen molar-refractivity contribution >= 4 is 44.8 Å². The monoisotopic (exact) mass is 713 g/mol. The maximum absolute atomic E-state index is 14.2. The van der Waals surface area contributed by atoms with E-state index in [-0.39, 0.29) is 30.3 Å². The number of benzene rings is 4. The zero-order valence-corrected chi connectivity index (χ0v) is 27.5. The summed E-state index contributed by atoms with van der Waals surface area (Å²) in [6.45, 7) is 0.352. The predicted molar refractivity (Wildman–Crippen MR) is 178 cm³/mol. The number of amides is 2. The average molecular weight is 714 g/mol. The van der Waals surface area contributed by atoms with Crippen molar-refractivity contribution in [2.45, 2.75) is 36.6 Å². The fourth-order valence-corrected chi connectivity index (χ4v) is 6.81. The number of nitrogens with zero attached hydrogens (tertiary/aromatic N) is 3. The molecule has 4 N–H and O–H groups in total. The number of ether oxygens (including phenoxy) is 1. The van der Waals surface area contributed by atoms with Crippen LogP contribution in [0.1, 0.15) is 23.1 Å². The lowest BCUT2D eigenvalue weighted by molar-refractivity contribution is -0.192. The molecule has 1 saturated heterocycles. The van der Waals surface area contributed by atoms with Gasteiger partial charge in [-0.1, -0.05) is 60.7 Å². The van der Waals surface area contributed by atoms with Gasteiger partial charge in [-0.25, -0.2) is 13.2 Å². The maximum Gasteiger partial charge on any atom is 0.490 e. The lowest BCUT2D eigenvalue weighted by Crippen LogP contribution is -2.49. The number of hydrogen-bond donors (Lipinski definition) is 3. The Morgan fingerprint density at radius 2 is 1.70 bits per heavy atom. The molecule has 1 heterocycles. The van der Waals surface area contributed by atoms with Crippen molar-refractivity contribution < 1.29 is 45.8 Å². The van der Waals surface area contributed by atoms with Gasteiger partial charge in [-0.15, -0.1) is 0 Å². The van der Waals surface area contributed by atoms with E-state index in [1.54, 1.807) is 29.2 Å². The molecule has 12 nitrogen and oxygen atoms in total. The number of methoxy groups -OCH3 is 1. The number of aliphatic carboxylic acids is 1. The van der Waals surface area contributed by atoms with Gasteiger partial charge in [0, 0.05) is 19.6 Å². The molecular formula is C34H34F3N5O7S. The van der Waals surface area contributed by atoms with E-state index in [0.717, 1.165) is 26.4 Å². The number of rotatable bonds is 11. The van der Waals surface area contributed by atoms with Gasteiger partial charge < -0.3 is 25.9 Å². The normalized spacial score (nSPS) is 14.9. The molecule has 0 saturated carbocycles. The van der Waals surface area contributed by atoms with E-state index in [1.807, 2.05) is 60.7 Å². The molecule has 0 aliphatic carbocycles. The summed E-state index contributed by atoms with van der Waals surface area (Å²) in [6.07, 6.45) is -3.32. The van der Waals surface area contributed by atoms with Crippen LogP contribution in [-0.2, 0) is 37.5 Å². The number of alkyl halides is 3. The molecule has 0 radical (unpaired) electrons. The molecule has 0 aromatic heterocycles. The Morgan fingerprint density at radius 1 is 1.02 bits per heavy atom. The topological polar surface area (TPSA) is 172 Å². The molecule has 2 amide bonds. The second-order valence-corrected chi connectivity index (χ2v) is 13.0. The molecule has 1 atom stereocenters. The van der Waals surface area contributed by atoms with Crippen molar-refractivity contribution in [1.82, 2.24) is 14.5 Å². The summed E-state index contributed by atoms with van der Waals surface area (Å²) in [4.78, 5) is 37.4. The van der Waals surface area contributed by atoms with E-state index >= 15 is 0 Å². The van der Waals surface area contributed by atoms with Crippen molar-refractivity contribution in [2.75, 3.05) is 20.2 Å². The van der Waals surface area contributed by atoms with Gasteiger partial charge in [0.2, 0.25) is 21.8 Å². The van der Waals surface area contributed by atoms with Crippen molar-refractivity contribution in [3.8, 4) is 5.75 Å². The molecular weight excluding hydrogens is 679 g/mol. The van der Waals surface area contributed by atoms with Crippen LogP contribution in [0.25, 0.3) is 10.8 Å². The van der Waals surface area contributed by atoms with E-state index in [1.165, 1.54) is 19.4 Å². The van der Waals surface area contributed by atoms with E-state index in [2.05, 4.69) is 10.4 Å². The fourth-order valence-electron chi connectivity index (χ4n) is 5.21. The first-order valence-electron chi connectivity index (χ1n) is 15.0. The van der Waals surface area contributed by atoms with Gasteiger partial charge in [-0.3, -0.25) is 9.59 Å². The summed E-state index contributed by atoms with van der Waals surface area (Å²) in [5.41, 5.74) is 2.51. The van der Waals surface area contributed by atoms with Crippen LogP contribution >= 0.6 is 0 Å². The van der Waals surface area contributed by atoms with Gasteiger partial charge in [-0.05, 0) is 64.2 Å². The van der Waals surface area contributed by atoms with Crippen molar-refractivity contribution in [2.24, 2.45) is 10.9 Å². The summed E-state index contributed by atoms with van der Waals surface area (Å²) in [6, 6.07) is 25.8.